The minimum atomic E-state index is 0.0564. The highest BCUT2D eigenvalue weighted by Crippen LogP contribution is 2.20. The monoisotopic (exact) mass is 313 g/mol. The Morgan fingerprint density at radius 1 is 1.26 bits per heavy atom. The Labute approximate surface area is 136 Å². The molecule has 6 nitrogen and oxygen atoms in total. The maximum absolute atomic E-state index is 11.7. The molecule has 0 N–H and O–H groups in total. The van der Waals surface area contributed by atoms with Gasteiger partial charge in [0.05, 0.1) is 0 Å². The van der Waals surface area contributed by atoms with Gasteiger partial charge in [-0.3, -0.25) is 9.69 Å². The lowest BCUT2D eigenvalue weighted by Gasteiger charge is -2.37. The summed E-state index contributed by atoms with van der Waals surface area (Å²) >= 11 is 0. The van der Waals surface area contributed by atoms with Crippen molar-refractivity contribution in [2.45, 2.75) is 25.4 Å². The molecule has 2 aromatic rings. The summed E-state index contributed by atoms with van der Waals surface area (Å²) in [7, 11) is 3.94. The minimum absolute atomic E-state index is 0.0564. The number of nitrogens with zero attached hydrogens (tertiary/aromatic N) is 5. The molecule has 3 heterocycles. The van der Waals surface area contributed by atoms with Crippen LogP contribution < -0.4 is 10.5 Å². The molecule has 0 aliphatic carbocycles. The number of anilines is 1. The smallest absolute Gasteiger partial charge is 0.250 e. The summed E-state index contributed by atoms with van der Waals surface area (Å²) in [4.78, 5) is 24.7. The van der Waals surface area contributed by atoms with Gasteiger partial charge in [0.25, 0.3) is 0 Å². The fourth-order valence-electron chi connectivity index (χ4n) is 3.14. The molecule has 1 fully saturated rings. The summed E-state index contributed by atoms with van der Waals surface area (Å²) in [6, 6.07) is 7.92. The SMILES string of the molecule is CN(c1ccncn1)C1CCN(Cc2cccc(=O)n2C)CC1. The summed E-state index contributed by atoms with van der Waals surface area (Å²) in [5.41, 5.74) is 1.13. The van der Waals surface area contributed by atoms with Crippen molar-refractivity contribution in [3.63, 3.8) is 0 Å². The molecule has 0 spiro atoms. The van der Waals surface area contributed by atoms with Crippen LogP contribution in [0.5, 0.6) is 0 Å². The second-order valence-corrected chi connectivity index (χ2v) is 6.10. The number of rotatable bonds is 4. The van der Waals surface area contributed by atoms with Gasteiger partial charge in [-0.2, -0.15) is 0 Å². The average Bonchev–Trinajstić information content (AvgIpc) is 2.60. The fraction of sp³-hybridized carbons (Fsp3) is 0.471. The van der Waals surface area contributed by atoms with Crippen LogP contribution in [0.2, 0.25) is 0 Å². The van der Waals surface area contributed by atoms with Gasteiger partial charge in [-0.1, -0.05) is 6.07 Å². The Bertz CT molecular complexity index is 692. The zero-order chi connectivity index (χ0) is 16.2. The molecule has 0 bridgehead atoms. The molecule has 2 aromatic heterocycles. The first-order valence-corrected chi connectivity index (χ1v) is 8.01. The van der Waals surface area contributed by atoms with E-state index in [-0.39, 0.29) is 5.56 Å². The van der Waals surface area contributed by atoms with Crippen LogP contribution in [0.3, 0.4) is 0 Å². The number of hydrogen-bond donors (Lipinski definition) is 0. The van der Waals surface area contributed by atoms with Gasteiger partial charge in [-0.25, -0.2) is 9.97 Å². The zero-order valence-electron chi connectivity index (χ0n) is 13.7. The van der Waals surface area contributed by atoms with E-state index < -0.39 is 0 Å². The lowest BCUT2D eigenvalue weighted by atomic mass is 10.0. The molecule has 0 aromatic carbocycles. The molecular formula is C17H23N5O. The first-order chi connectivity index (χ1) is 11.1. The number of piperidine rings is 1. The van der Waals surface area contributed by atoms with Gasteiger partial charge in [-0.15, -0.1) is 0 Å². The Kier molecular flexibility index (Phi) is 4.71. The van der Waals surface area contributed by atoms with E-state index in [2.05, 4.69) is 26.8 Å². The summed E-state index contributed by atoms with van der Waals surface area (Å²) < 4.78 is 1.74. The predicted octanol–water partition coefficient (Wildman–Crippen LogP) is 1.28. The molecule has 0 saturated carbocycles. The van der Waals surface area contributed by atoms with Crippen LogP contribution in [0.15, 0.2) is 41.6 Å². The van der Waals surface area contributed by atoms with Crippen LogP contribution >= 0.6 is 0 Å². The van der Waals surface area contributed by atoms with Crippen LogP contribution in [-0.4, -0.2) is 45.6 Å². The fourth-order valence-corrected chi connectivity index (χ4v) is 3.14. The summed E-state index contributed by atoms with van der Waals surface area (Å²) in [6.07, 6.45) is 5.57. The van der Waals surface area contributed by atoms with Gasteiger partial charge in [0.1, 0.15) is 12.1 Å². The van der Waals surface area contributed by atoms with E-state index in [1.165, 1.54) is 0 Å². The van der Waals surface area contributed by atoms with E-state index in [0.717, 1.165) is 44.0 Å². The Morgan fingerprint density at radius 3 is 2.74 bits per heavy atom. The molecule has 122 valence electrons. The van der Waals surface area contributed by atoms with Gasteiger partial charge >= 0.3 is 0 Å². The number of likely N-dealkylation sites (tertiary alicyclic amines) is 1. The number of pyridine rings is 1. The second-order valence-electron chi connectivity index (χ2n) is 6.10. The molecule has 0 unspecified atom stereocenters. The third-order valence-electron chi connectivity index (χ3n) is 4.71. The van der Waals surface area contributed by atoms with Crippen molar-refractivity contribution in [3.8, 4) is 0 Å². The molecule has 23 heavy (non-hydrogen) atoms. The molecule has 1 aliphatic rings. The average molecular weight is 313 g/mol. The quantitative estimate of drug-likeness (QED) is 0.851. The Morgan fingerprint density at radius 2 is 2.04 bits per heavy atom. The van der Waals surface area contributed by atoms with Crippen LogP contribution in [-0.2, 0) is 13.6 Å². The highest BCUT2D eigenvalue weighted by Gasteiger charge is 2.23. The van der Waals surface area contributed by atoms with Gasteiger partial charge < -0.3 is 9.47 Å². The van der Waals surface area contributed by atoms with Crippen LogP contribution in [0, 0.1) is 0 Å². The predicted molar refractivity (Wildman–Crippen MR) is 90.4 cm³/mol. The molecule has 0 atom stereocenters. The lowest BCUT2D eigenvalue weighted by Crippen LogP contribution is -2.43. The van der Waals surface area contributed by atoms with Gasteiger partial charge in [0.2, 0.25) is 5.56 Å². The zero-order valence-corrected chi connectivity index (χ0v) is 13.7. The summed E-state index contributed by atoms with van der Waals surface area (Å²) in [5, 5.41) is 0. The van der Waals surface area contributed by atoms with Crippen molar-refractivity contribution in [3.05, 3.63) is 52.8 Å². The maximum Gasteiger partial charge on any atom is 0.250 e. The Balaban J connectivity index is 1.58. The van der Waals surface area contributed by atoms with Crippen molar-refractivity contribution in [2.75, 3.05) is 25.0 Å². The second kappa shape index (κ2) is 6.91. The van der Waals surface area contributed by atoms with Crippen molar-refractivity contribution < 1.29 is 0 Å². The maximum atomic E-state index is 11.7. The largest absolute Gasteiger partial charge is 0.356 e. The summed E-state index contributed by atoms with van der Waals surface area (Å²) in [6.45, 7) is 2.89. The molecule has 1 saturated heterocycles. The first-order valence-electron chi connectivity index (χ1n) is 8.01. The minimum Gasteiger partial charge on any atom is -0.356 e. The van der Waals surface area contributed by atoms with Crippen molar-refractivity contribution in [1.29, 1.82) is 0 Å². The van der Waals surface area contributed by atoms with Crippen molar-refractivity contribution in [1.82, 2.24) is 19.4 Å². The number of hydrogen-bond acceptors (Lipinski definition) is 5. The number of aromatic nitrogens is 3. The molecule has 0 radical (unpaired) electrons. The highest BCUT2D eigenvalue weighted by atomic mass is 16.1. The van der Waals surface area contributed by atoms with Gasteiger partial charge in [0.15, 0.2) is 0 Å². The van der Waals surface area contributed by atoms with Gasteiger partial charge in [-0.05, 0) is 25.0 Å². The summed E-state index contributed by atoms with van der Waals surface area (Å²) in [5.74, 6) is 0.976. The van der Waals surface area contributed by atoms with E-state index in [0.29, 0.717) is 6.04 Å². The normalized spacial score (nSPS) is 16.4. The molecule has 1 aliphatic heterocycles. The van der Waals surface area contributed by atoms with E-state index >= 15 is 0 Å². The first kappa shape index (κ1) is 15.7. The molecule has 3 rings (SSSR count). The molecule has 0 amide bonds. The van der Waals surface area contributed by atoms with E-state index in [9.17, 15) is 4.79 Å². The standard InChI is InChI=1S/C17H23N5O/c1-20(16-6-9-18-13-19-16)14-7-10-22(11-8-14)12-15-4-3-5-17(23)21(15)2/h3-6,9,13-14H,7-8,10-12H2,1-2H3. The third kappa shape index (κ3) is 3.59. The van der Waals surface area contributed by atoms with E-state index in [1.807, 2.05) is 25.2 Å². The van der Waals surface area contributed by atoms with Crippen LogP contribution in [0.25, 0.3) is 0 Å². The van der Waals surface area contributed by atoms with Crippen molar-refractivity contribution in [2.24, 2.45) is 7.05 Å². The third-order valence-corrected chi connectivity index (χ3v) is 4.71. The van der Waals surface area contributed by atoms with E-state index in [4.69, 9.17) is 0 Å². The van der Waals surface area contributed by atoms with Crippen LogP contribution in [0.1, 0.15) is 18.5 Å². The van der Waals surface area contributed by atoms with E-state index in [1.54, 1.807) is 23.2 Å². The molecular weight excluding hydrogens is 290 g/mol. The topological polar surface area (TPSA) is 54.3 Å². The highest BCUT2D eigenvalue weighted by molar-refractivity contribution is 5.36. The van der Waals surface area contributed by atoms with Gasteiger partial charge in [0, 0.05) is 57.7 Å². The van der Waals surface area contributed by atoms with Crippen molar-refractivity contribution >= 4 is 5.82 Å². The lowest BCUT2D eigenvalue weighted by molar-refractivity contribution is 0.199. The Hall–Kier alpha value is -2.21. The van der Waals surface area contributed by atoms with Crippen LogP contribution in [0.4, 0.5) is 5.82 Å². The molecule has 6 heteroatoms.